The number of hydrogen-bond acceptors (Lipinski definition) is 3. The summed E-state index contributed by atoms with van der Waals surface area (Å²) in [5, 5.41) is 9.25. The second-order valence-corrected chi connectivity index (χ2v) is 3.35. The van der Waals surface area contributed by atoms with E-state index in [1.807, 2.05) is 0 Å². The van der Waals surface area contributed by atoms with E-state index in [1.54, 1.807) is 31.2 Å². The van der Waals surface area contributed by atoms with Crippen molar-refractivity contribution in [3.05, 3.63) is 24.3 Å². The normalized spacial score (nSPS) is 11.8. The number of hydrogen-bond donors (Lipinski definition) is 1. The minimum Gasteiger partial charge on any atom is -0.466 e. The van der Waals surface area contributed by atoms with Gasteiger partial charge in [0.15, 0.2) is 0 Å². The molecule has 0 spiro atoms. The fourth-order valence-corrected chi connectivity index (χ4v) is 1.01. The Morgan fingerprint density at radius 3 is 2.94 bits per heavy atom. The van der Waals surface area contributed by atoms with Crippen LogP contribution in [0, 0.1) is 24.2 Å². The molecule has 0 saturated carbocycles. The monoisotopic (exact) mass is 246 g/mol. The quantitative estimate of drug-likeness (QED) is 0.442. The summed E-state index contributed by atoms with van der Waals surface area (Å²) in [6.07, 6.45) is 12.1. The number of carbonyl (C=O) groups is 1. The number of aliphatic hydroxyl groups excluding tert-OH is 1. The molecule has 3 nitrogen and oxygen atoms in total. The van der Waals surface area contributed by atoms with Crippen molar-refractivity contribution in [2.24, 2.45) is 0 Å². The van der Waals surface area contributed by atoms with E-state index < -0.39 is 6.10 Å². The fourth-order valence-electron chi connectivity index (χ4n) is 1.01. The molecule has 0 saturated heterocycles. The highest BCUT2D eigenvalue weighted by Gasteiger charge is 1.97. The highest BCUT2D eigenvalue weighted by Crippen LogP contribution is 1.92. The zero-order chi connectivity index (χ0) is 13.6. The van der Waals surface area contributed by atoms with Crippen LogP contribution < -0.4 is 0 Å². The number of ether oxygens (including phenoxy) is 1. The van der Waals surface area contributed by atoms with Gasteiger partial charge >= 0.3 is 5.97 Å². The summed E-state index contributed by atoms with van der Waals surface area (Å²) in [5.74, 6) is 7.73. The van der Waals surface area contributed by atoms with Gasteiger partial charge in [0.1, 0.15) is 0 Å². The predicted molar refractivity (Wildman–Crippen MR) is 71.4 cm³/mol. The number of allylic oxidation sites excluding steroid dienone is 3. The van der Waals surface area contributed by atoms with Crippen molar-refractivity contribution in [3.63, 3.8) is 0 Å². The van der Waals surface area contributed by atoms with E-state index in [0.717, 1.165) is 0 Å². The lowest BCUT2D eigenvalue weighted by Gasteiger charge is -1.96. The van der Waals surface area contributed by atoms with E-state index >= 15 is 0 Å². The third-order valence-corrected chi connectivity index (χ3v) is 1.81. The van der Waals surface area contributed by atoms with Crippen LogP contribution in [0.5, 0.6) is 0 Å². The van der Waals surface area contributed by atoms with Gasteiger partial charge in [0, 0.05) is 12.8 Å². The Balaban J connectivity index is 3.77. The van der Waals surface area contributed by atoms with Gasteiger partial charge in [0.25, 0.3) is 0 Å². The first-order valence-corrected chi connectivity index (χ1v) is 5.79. The minimum absolute atomic E-state index is 0.229. The van der Waals surface area contributed by atoms with Gasteiger partial charge in [-0.3, -0.25) is 4.79 Å². The number of aliphatic hydroxyl groups is 1. The second kappa shape index (κ2) is 11.5. The summed E-state index contributed by atoms with van der Waals surface area (Å²) in [6.45, 7) is 2.17. The minimum atomic E-state index is -0.614. The molecule has 0 aromatic heterocycles. The Hall–Kier alpha value is -1.97. The van der Waals surface area contributed by atoms with Crippen LogP contribution in [0.1, 0.15) is 26.2 Å². The van der Waals surface area contributed by atoms with Crippen molar-refractivity contribution in [3.8, 4) is 24.2 Å². The summed E-state index contributed by atoms with van der Waals surface area (Å²) in [6, 6.07) is 0. The highest BCUT2D eigenvalue weighted by atomic mass is 16.5. The molecule has 0 radical (unpaired) electrons. The van der Waals surface area contributed by atoms with Crippen LogP contribution in [0.2, 0.25) is 0 Å². The number of esters is 1. The summed E-state index contributed by atoms with van der Waals surface area (Å²) < 4.78 is 4.76. The molecule has 0 heterocycles. The lowest BCUT2D eigenvalue weighted by Crippen LogP contribution is -2.02. The van der Waals surface area contributed by atoms with Crippen LogP contribution in [-0.4, -0.2) is 23.8 Å². The highest BCUT2D eigenvalue weighted by molar-refractivity contribution is 5.69. The van der Waals surface area contributed by atoms with Crippen LogP contribution in [-0.2, 0) is 9.53 Å². The second-order valence-electron chi connectivity index (χ2n) is 3.35. The standard InChI is InChI=1S/C15H18O3/c1-3-11-14(16)12-9-7-5-6-8-10-13-15(17)18-4-2/h1,5,7,9,12,14,16H,4,10-11,13H2,2H3. The van der Waals surface area contributed by atoms with Crippen LogP contribution >= 0.6 is 0 Å². The first-order chi connectivity index (χ1) is 8.70. The van der Waals surface area contributed by atoms with Crippen molar-refractivity contribution in [2.45, 2.75) is 32.3 Å². The molecule has 0 aliphatic rings. The smallest absolute Gasteiger partial charge is 0.306 e. The van der Waals surface area contributed by atoms with Gasteiger partial charge in [0.05, 0.1) is 19.1 Å². The van der Waals surface area contributed by atoms with Crippen LogP contribution in [0.3, 0.4) is 0 Å². The molecule has 1 N–H and O–H groups in total. The summed E-state index contributed by atoms with van der Waals surface area (Å²) in [4.78, 5) is 11.0. The molecule has 0 aromatic rings. The van der Waals surface area contributed by atoms with Crippen molar-refractivity contribution >= 4 is 5.97 Å². The Kier molecular flexibility index (Phi) is 10.3. The number of carbonyl (C=O) groups excluding carboxylic acids is 1. The predicted octanol–water partition coefficient (Wildman–Crippen LogP) is 1.83. The molecule has 0 aromatic carbocycles. The van der Waals surface area contributed by atoms with E-state index in [2.05, 4.69) is 17.8 Å². The summed E-state index contributed by atoms with van der Waals surface area (Å²) in [5.41, 5.74) is 0. The lowest BCUT2D eigenvalue weighted by atomic mass is 10.2. The van der Waals surface area contributed by atoms with Crippen LogP contribution in [0.4, 0.5) is 0 Å². The Labute approximate surface area is 109 Å². The van der Waals surface area contributed by atoms with E-state index in [-0.39, 0.29) is 5.97 Å². The Morgan fingerprint density at radius 2 is 2.28 bits per heavy atom. The zero-order valence-electron chi connectivity index (χ0n) is 10.6. The molecule has 18 heavy (non-hydrogen) atoms. The average molecular weight is 246 g/mol. The summed E-state index contributed by atoms with van der Waals surface area (Å²) in [7, 11) is 0. The first kappa shape index (κ1) is 16.0. The molecule has 1 atom stereocenters. The molecule has 1 unspecified atom stereocenters. The van der Waals surface area contributed by atoms with Gasteiger partial charge in [-0.25, -0.2) is 0 Å². The molecule has 0 bridgehead atoms. The van der Waals surface area contributed by atoms with E-state index in [9.17, 15) is 9.90 Å². The Bertz CT molecular complexity index is 388. The van der Waals surface area contributed by atoms with Gasteiger partial charge in [-0.05, 0) is 13.0 Å². The zero-order valence-corrected chi connectivity index (χ0v) is 10.6. The lowest BCUT2D eigenvalue weighted by molar-refractivity contribution is -0.142. The molecule has 96 valence electrons. The van der Waals surface area contributed by atoms with Gasteiger partial charge in [-0.1, -0.05) is 30.1 Å². The van der Waals surface area contributed by atoms with Crippen LogP contribution in [0.15, 0.2) is 24.3 Å². The maximum absolute atomic E-state index is 11.0. The fraction of sp³-hybridized carbons (Fsp3) is 0.400. The molecule has 0 rings (SSSR count). The largest absolute Gasteiger partial charge is 0.466 e. The molecule has 3 heteroatoms. The SMILES string of the molecule is C#CCC(O)C=CC=CC#CCCC(=O)OCC. The van der Waals surface area contributed by atoms with Crippen molar-refractivity contribution < 1.29 is 14.6 Å². The third kappa shape index (κ3) is 10.5. The van der Waals surface area contributed by atoms with Gasteiger partial charge in [-0.2, -0.15) is 0 Å². The first-order valence-electron chi connectivity index (χ1n) is 5.79. The summed E-state index contributed by atoms with van der Waals surface area (Å²) >= 11 is 0. The van der Waals surface area contributed by atoms with Crippen molar-refractivity contribution in [1.82, 2.24) is 0 Å². The average Bonchev–Trinajstić information content (AvgIpc) is 2.33. The molecule has 0 fully saturated rings. The number of terminal acetylenes is 1. The third-order valence-electron chi connectivity index (χ3n) is 1.81. The molecule has 0 aliphatic carbocycles. The maximum atomic E-state index is 11.0. The van der Waals surface area contributed by atoms with Gasteiger partial charge < -0.3 is 9.84 Å². The van der Waals surface area contributed by atoms with E-state index in [0.29, 0.717) is 25.9 Å². The van der Waals surface area contributed by atoms with E-state index in [4.69, 9.17) is 11.2 Å². The van der Waals surface area contributed by atoms with E-state index in [1.165, 1.54) is 0 Å². The molecular formula is C15H18O3. The maximum Gasteiger partial charge on any atom is 0.306 e. The number of rotatable bonds is 6. The molecule has 0 aliphatic heterocycles. The van der Waals surface area contributed by atoms with Gasteiger partial charge in [0.2, 0.25) is 0 Å². The molecule has 0 amide bonds. The van der Waals surface area contributed by atoms with Crippen molar-refractivity contribution in [1.29, 1.82) is 0 Å². The van der Waals surface area contributed by atoms with Crippen molar-refractivity contribution in [2.75, 3.05) is 6.61 Å². The van der Waals surface area contributed by atoms with Crippen LogP contribution in [0.25, 0.3) is 0 Å². The van der Waals surface area contributed by atoms with Gasteiger partial charge in [-0.15, -0.1) is 12.3 Å². The topological polar surface area (TPSA) is 46.5 Å². The molecular weight excluding hydrogens is 228 g/mol. The Morgan fingerprint density at radius 1 is 1.50 bits per heavy atom.